The van der Waals surface area contributed by atoms with E-state index in [0.717, 1.165) is 0 Å². The molecule has 0 spiro atoms. The van der Waals surface area contributed by atoms with Crippen molar-refractivity contribution in [2.45, 2.75) is 6.10 Å². The van der Waals surface area contributed by atoms with Gasteiger partial charge in [-0.25, -0.2) is 4.79 Å². The van der Waals surface area contributed by atoms with Crippen LogP contribution in [0, 0.1) is 0 Å². The van der Waals surface area contributed by atoms with Gasteiger partial charge in [-0.15, -0.1) is 0 Å². The van der Waals surface area contributed by atoms with Gasteiger partial charge in [0.1, 0.15) is 17.4 Å². The maximum Gasteiger partial charge on any atom is 0.342 e. The van der Waals surface area contributed by atoms with Crippen molar-refractivity contribution in [3.8, 4) is 5.75 Å². The van der Waals surface area contributed by atoms with Gasteiger partial charge in [0.05, 0.1) is 20.3 Å². The van der Waals surface area contributed by atoms with Crippen LogP contribution >= 0.6 is 0 Å². The first-order valence-electron chi connectivity index (χ1n) is 4.78. The van der Waals surface area contributed by atoms with Crippen LogP contribution in [-0.2, 0) is 4.74 Å². The molecule has 0 saturated carbocycles. The van der Waals surface area contributed by atoms with Gasteiger partial charge in [0, 0.05) is 0 Å². The van der Waals surface area contributed by atoms with Gasteiger partial charge in [-0.3, -0.25) is 0 Å². The Morgan fingerprint density at radius 3 is 2.50 bits per heavy atom. The van der Waals surface area contributed by atoms with Gasteiger partial charge < -0.3 is 19.7 Å². The minimum absolute atomic E-state index is 0.261. The van der Waals surface area contributed by atoms with Crippen molar-refractivity contribution in [2.75, 3.05) is 20.3 Å². The van der Waals surface area contributed by atoms with Gasteiger partial charge in [-0.05, 0) is 12.1 Å². The predicted molar refractivity (Wildman–Crippen MR) is 56.4 cm³/mol. The number of benzene rings is 1. The molecule has 0 aliphatic heterocycles. The van der Waals surface area contributed by atoms with Crippen molar-refractivity contribution < 1.29 is 24.5 Å². The third-order valence-electron chi connectivity index (χ3n) is 2.01. The molecule has 0 unspecified atom stereocenters. The number of aliphatic hydroxyl groups excluding tert-OH is 2. The summed E-state index contributed by atoms with van der Waals surface area (Å²) in [5.74, 6) is -0.243. The minimum Gasteiger partial charge on any atom is -0.496 e. The molecule has 0 aromatic heterocycles. The van der Waals surface area contributed by atoms with Gasteiger partial charge >= 0.3 is 5.97 Å². The number of rotatable bonds is 5. The van der Waals surface area contributed by atoms with E-state index in [-0.39, 0.29) is 5.56 Å². The number of para-hydroxylation sites is 1. The van der Waals surface area contributed by atoms with E-state index in [0.29, 0.717) is 5.75 Å². The molecule has 0 heterocycles. The number of aliphatic hydroxyl groups is 2. The third-order valence-corrected chi connectivity index (χ3v) is 2.01. The number of esters is 1. The number of ether oxygens (including phenoxy) is 2. The van der Waals surface area contributed by atoms with Crippen LogP contribution in [0.2, 0.25) is 0 Å². The lowest BCUT2D eigenvalue weighted by molar-refractivity contribution is -0.00568. The number of carbonyl (C=O) groups excluding carboxylic acids is 1. The van der Waals surface area contributed by atoms with Crippen LogP contribution in [0.5, 0.6) is 5.75 Å². The molecule has 5 nitrogen and oxygen atoms in total. The molecule has 0 fully saturated rings. The van der Waals surface area contributed by atoms with Crippen LogP contribution in [-0.4, -0.2) is 42.6 Å². The van der Waals surface area contributed by atoms with Crippen LogP contribution < -0.4 is 4.74 Å². The Hall–Kier alpha value is -1.59. The fraction of sp³-hybridized carbons (Fsp3) is 0.364. The summed E-state index contributed by atoms with van der Waals surface area (Å²) in [5, 5.41) is 17.6. The van der Waals surface area contributed by atoms with Gasteiger partial charge in [-0.2, -0.15) is 0 Å². The fourth-order valence-corrected chi connectivity index (χ4v) is 1.16. The fourth-order valence-electron chi connectivity index (χ4n) is 1.16. The van der Waals surface area contributed by atoms with Crippen molar-refractivity contribution in [2.24, 2.45) is 0 Å². The highest BCUT2D eigenvalue weighted by atomic mass is 16.6. The Labute approximate surface area is 93.2 Å². The quantitative estimate of drug-likeness (QED) is 0.702. The summed E-state index contributed by atoms with van der Waals surface area (Å²) in [7, 11) is 1.45. The monoisotopic (exact) mass is 226 g/mol. The van der Waals surface area contributed by atoms with E-state index in [1.165, 1.54) is 7.11 Å². The first-order chi connectivity index (χ1) is 7.72. The van der Waals surface area contributed by atoms with Crippen molar-refractivity contribution in [3.05, 3.63) is 29.8 Å². The van der Waals surface area contributed by atoms with Crippen molar-refractivity contribution in [3.63, 3.8) is 0 Å². The third kappa shape index (κ3) is 2.95. The Balaban J connectivity index is 2.79. The van der Waals surface area contributed by atoms with Gasteiger partial charge in [0.15, 0.2) is 0 Å². The minimum atomic E-state index is -0.905. The molecule has 0 aliphatic rings. The van der Waals surface area contributed by atoms with E-state index in [2.05, 4.69) is 0 Å². The summed E-state index contributed by atoms with van der Waals surface area (Å²) >= 11 is 0. The summed E-state index contributed by atoms with van der Waals surface area (Å²) in [6.45, 7) is -0.839. The summed E-state index contributed by atoms with van der Waals surface area (Å²) in [4.78, 5) is 11.6. The van der Waals surface area contributed by atoms with Crippen molar-refractivity contribution >= 4 is 5.97 Å². The van der Waals surface area contributed by atoms with E-state index < -0.39 is 25.3 Å². The van der Waals surface area contributed by atoms with E-state index in [9.17, 15) is 4.79 Å². The molecule has 0 saturated heterocycles. The molecule has 0 radical (unpaired) electrons. The molecule has 0 atom stereocenters. The molecule has 16 heavy (non-hydrogen) atoms. The van der Waals surface area contributed by atoms with E-state index in [1.54, 1.807) is 24.3 Å². The Morgan fingerprint density at radius 2 is 1.94 bits per heavy atom. The molecule has 0 bridgehead atoms. The molecular weight excluding hydrogens is 212 g/mol. The second-order valence-electron chi connectivity index (χ2n) is 3.09. The standard InChI is InChI=1S/C11H14O5/c1-15-10-5-3-2-4-9(10)11(14)16-8(6-12)7-13/h2-5,8,12-13H,6-7H2,1H3. The molecule has 1 aromatic rings. The van der Waals surface area contributed by atoms with Gasteiger partial charge in [0.25, 0.3) is 0 Å². The van der Waals surface area contributed by atoms with Crippen LogP contribution in [0.3, 0.4) is 0 Å². The number of carbonyl (C=O) groups is 1. The Morgan fingerprint density at radius 1 is 1.31 bits per heavy atom. The molecule has 88 valence electrons. The highest BCUT2D eigenvalue weighted by molar-refractivity contribution is 5.92. The summed E-state index contributed by atoms with van der Waals surface area (Å²) in [5.41, 5.74) is 0.261. The van der Waals surface area contributed by atoms with E-state index >= 15 is 0 Å². The first-order valence-corrected chi connectivity index (χ1v) is 4.78. The molecule has 0 aliphatic carbocycles. The molecule has 1 rings (SSSR count). The zero-order valence-electron chi connectivity index (χ0n) is 8.92. The lowest BCUT2D eigenvalue weighted by Crippen LogP contribution is -2.25. The smallest absolute Gasteiger partial charge is 0.342 e. The van der Waals surface area contributed by atoms with E-state index in [4.69, 9.17) is 19.7 Å². The Bertz CT molecular complexity index is 346. The van der Waals surface area contributed by atoms with Crippen LogP contribution in [0.15, 0.2) is 24.3 Å². The number of hydrogen-bond acceptors (Lipinski definition) is 5. The molecule has 0 amide bonds. The maximum absolute atomic E-state index is 11.6. The molecular formula is C11H14O5. The largest absolute Gasteiger partial charge is 0.496 e. The lowest BCUT2D eigenvalue weighted by Gasteiger charge is -2.13. The average molecular weight is 226 g/mol. The zero-order chi connectivity index (χ0) is 12.0. The first kappa shape index (κ1) is 12.5. The SMILES string of the molecule is COc1ccccc1C(=O)OC(CO)CO. The van der Waals surface area contributed by atoms with Gasteiger partial charge in [0.2, 0.25) is 0 Å². The topological polar surface area (TPSA) is 76.0 Å². The second kappa shape index (κ2) is 6.09. The predicted octanol–water partition coefficient (Wildman–Crippen LogP) is 0.205. The normalized spacial score (nSPS) is 10.2. The highest BCUT2D eigenvalue weighted by Gasteiger charge is 2.17. The van der Waals surface area contributed by atoms with Crippen LogP contribution in [0.1, 0.15) is 10.4 Å². The van der Waals surface area contributed by atoms with Crippen molar-refractivity contribution in [1.82, 2.24) is 0 Å². The summed E-state index contributed by atoms with van der Waals surface area (Å²) in [6, 6.07) is 6.58. The second-order valence-corrected chi connectivity index (χ2v) is 3.09. The molecule has 2 N–H and O–H groups in total. The van der Waals surface area contributed by atoms with Crippen molar-refractivity contribution in [1.29, 1.82) is 0 Å². The molecule has 5 heteroatoms. The maximum atomic E-state index is 11.6. The lowest BCUT2D eigenvalue weighted by atomic mass is 10.2. The summed E-state index contributed by atoms with van der Waals surface area (Å²) in [6.07, 6.45) is -0.905. The number of hydrogen-bond donors (Lipinski definition) is 2. The van der Waals surface area contributed by atoms with Crippen LogP contribution in [0.25, 0.3) is 0 Å². The van der Waals surface area contributed by atoms with Crippen LogP contribution in [0.4, 0.5) is 0 Å². The van der Waals surface area contributed by atoms with E-state index in [1.807, 2.05) is 0 Å². The number of methoxy groups -OCH3 is 1. The summed E-state index contributed by atoms with van der Waals surface area (Å²) < 4.78 is 9.85. The average Bonchev–Trinajstić information content (AvgIpc) is 2.35. The molecule has 1 aromatic carbocycles. The Kier molecular flexibility index (Phi) is 4.75. The zero-order valence-corrected chi connectivity index (χ0v) is 8.92. The van der Waals surface area contributed by atoms with Gasteiger partial charge in [-0.1, -0.05) is 12.1 Å². The highest BCUT2D eigenvalue weighted by Crippen LogP contribution is 2.18.